The van der Waals surface area contributed by atoms with Crippen molar-refractivity contribution in [1.82, 2.24) is 14.9 Å². The summed E-state index contributed by atoms with van der Waals surface area (Å²) < 4.78 is 2.13. The molecule has 0 bridgehead atoms. The average molecular weight is 223 g/mol. The fraction of sp³-hybridized carbons (Fsp3) is 0.769. The molecule has 1 rings (SSSR count). The highest BCUT2D eigenvalue weighted by Crippen LogP contribution is 2.09. The lowest BCUT2D eigenvalue weighted by Crippen LogP contribution is -2.29. The Morgan fingerprint density at radius 1 is 1.38 bits per heavy atom. The molecule has 16 heavy (non-hydrogen) atoms. The molecule has 2 unspecified atom stereocenters. The molecule has 0 aliphatic heterocycles. The number of imidazole rings is 1. The van der Waals surface area contributed by atoms with Crippen molar-refractivity contribution in [2.75, 3.05) is 6.54 Å². The Labute approximate surface area is 99.3 Å². The third-order valence-electron chi connectivity index (χ3n) is 3.10. The quantitative estimate of drug-likeness (QED) is 0.687. The molecule has 1 aromatic rings. The van der Waals surface area contributed by atoms with E-state index in [9.17, 15) is 0 Å². The van der Waals surface area contributed by atoms with E-state index >= 15 is 0 Å². The minimum atomic E-state index is 0.637. The van der Waals surface area contributed by atoms with Crippen LogP contribution in [-0.4, -0.2) is 22.1 Å². The van der Waals surface area contributed by atoms with Gasteiger partial charge in [-0.25, -0.2) is 4.98 Å². The zero-order chi connectivity index (χ0) is 11.8. The Bertz CT molecular complexity index is 256. The van der Waals surface area contributed by atoms with Gasteiger partial charge in [-0.2, -0.15) is 0 Å². The van der Waals surface area contributed by atoms with Crippen LogP contribution in [0.4, 0.5) is 0 Å². The van der Waals surface area contributed by atoms with Crippen LogP contribution in [0.2, 0.25) is 0 Å². The highest BCUT2D eigenvalue weighted by atomic mass is 15.0. The molecule has 2 atom stereocenters. The molecule has 3 heteroatoms. The van der Waals surface area contributed by atoms with E-state index in [1.807, 2.05) is 18.7 Å². The van der Waals surface area contributed by atoms with Gasteiger partial charge in [-0.3, -0.25) is 0 Å². The molecular weight excluding hydrogens is 198 g/mol. The molecule has 0 aromatic carbocycles. The third-order valence-corrected chi connectivity index (χ3v) is 3.10. The van der Waals surface area contributed by atoms with Crippen LogP contribution in [0.1, 0.15) is 40.0 Å². The maximum Gasteiger partial charge on any atom is 0.0945 e. The van der Waals surface area contributed by atoms with Gasteiger partial charge in [0.1, 0.15) is 0 Å². The van der Waals surface area contributed by atoms with Gasteiger partial charge < -0.3 is 9.88 Å². The summed E-state index contributed by atoms with van der Waals surface area (Å²) in [7, 11) is 0. The summed E-state index contributed by atoms with van der Waals surface area (Å²) in [6, 6.07) is 0.637. The summed E-state index contributed by atoms with van der Waals surface area (Å²) in [6.07, 6.45) is 9.45. The lowest BCUT2D eigenvalue weighted by molar-refractivity contribution is 0.407. The number of hydrogen-bond acceptors (Lipinski definition) is 2. The number of nitrogens with zero attached hydrogens (tertiary/aromatic N) is 2. The molecule has 0 spiro atoms. The van der Waals surface area contributed by atoms with E-state index in [1.54, 1.807) is 0 Å². The fourth-order valence-corrected chi connectivity index (χ4v) is 1.88. The summed E-state index contributed by atoms with van der Waals surface area (Å²) in [5.41, 5.74) is 0. The van der Waals surface area contributed by atoms with Crippen LogP contribution in [0.3, 0.4) is 0 Å². The molecule has 3 nitrogen and oxygen atoms in total. The van der Waals surface area contributed by atoms with Crippen LogP contribution >= 0.6 is 0 Å². The minimum absolute atomic E-state index is 0.637. The topological polar surface area (TPSA) is 29.9 Å². The number of nitrogens with one attached hydrogen (secondary N) is 1. The van der Waals surface area contributed by atoms with Crippen molar-refractivity contribution in [3.63, 3.8) is 0 Å². The first-order valence-electron chi connectivity index (χ1n) is 6.41. The molecule has 0 fully saturated rings. The van der Waals surface area contributed by atoms with Crippen LogP contribution < -0.4 is 5.32 Å². The highest BCUT2D eigenvalue weighted by Gasteiger charge is 2.05. The lowest BCUT2D eigenvalue weighted by Gasteiger charge is -2.17. The number of rotatable bonds is 8. The maximum atomic E-state index is 4.03. The monoisotopic (exact) mass is 223 g/mol. The SMILES string of the molecule is CCC(C)CC(C)NCCCn1ccnc1. The largest absolute Gasteiger partial charge is 0.337 e. The highest BCUT2D eigenvalue weighted by molar-refractivity contribution is 4.74. The van der Waals surface area contributed by atoms with Gasteiger partial charge in [0.2, 0.25) is 0 Å². The van der Waals surface area contributed by atoms with Crippen molar-refractivity contribution >= 4 is 0 Å². The normalized spacial score (nSPS) is 14.9. The summed E-state index contributed by atoms with van der Waals surface area (Å²) in [4.78, 5) is 4.03. The molecule has 0 aliphatic rings. The van der Waals surface area contributed by atoms with Crippen LogP contribution in [0.25, 0.3) is 0 Å². The van der Waals surface area contributed by atoms with E-state index in [0.29, 0.717) is 6.04 Å². The first-order valence-corrected chi connectivity index (χ1v) is 6.41. The van der Waals surface area contributed by atoms with Crippen LogP contribution in [0.5, 0.6) is 0 Å². The third kappa shape index (κ3) is 5.31. The van der Waals surface area contributed by atoms with Gasteiger partial charge in [-0.1, -0.05) is 20.3 Å². The predicted octanol–water partition coefficient (Wildman–Crippen LogP) is 2.69. The van der Waals surface area contributed by atoms with Crippen molar-refractivity contribution in [3.8, 4) is 0 Å². The Balaban J connectivity index is 2.02. The van der Waals surface area contributed by atoms with Crippen molar-refractivity contribution in [2.45, 2.75) is 52.6 Å². The summed E-state index contributed by atoms with van der Waals surface area (Å²) in [6.45, 7) is 9.02. The molecule has 1 N–H and O–H groups in total. The molecular formula is C13H25N3. The van der Waals surface area contributed by atoms with E-state index in [2.05, 4.69) is 35.6 Å². The molecule has 0 radical (unpaired) electrons. The Morgan fingerprint density at radius 3 is 2.81 bits per heavy atom. The lowest BCUT2D eigenvalue weighted by atomic mass is 10.0. The summed E-state index contributed by atoms with van der Waals surface area (Å²) in [5, 5.41) is 3.58. The molecule has 0 aliphatic carbocycles. The number of aryl methyl sites for hydroxylation is 1. The van der Waals surface area contributed by atoms with E-state index in [1.165, 1.54) is 19.3 Å². The van der Waals surface area contributed by atoms with Crippen molar-refractivity contribution in [1.29, 1.82) is 0 Å². The van der Waals surface area contributed by atoms with Gasteiger partial charge in [-0.15, -0.1) is 0 Å². The van der Waals surface area contributed by atoms with Crippen LogP contribution in [0, 0.1) is 5.92 Å². The van der Waals surface area contributed by atoms with Crippen molar-refractivity contribution in [3.05, 3.63) is 18.7 Å². The predicted molar refractivity (Wildman–Crippen MR) is 68.4 cm³/mol. The van der Waals surface area contributed by atoms with Gasteiger partial charge in [0.25, 0.3) is 0 Å². The average Bonchev–Trinajstić information content (AvgIpc) is 2.77. The first kappa shape index (κ1) is 13.2. The fourth-order valence-electron chi connectivity index (χ4n) is 1.88. The second-order valence-electron chi connectivity index (χ2n) is 4.76. The van der Waals surface area contributed by atoms with E-state index in [0.717, 1.165) is 19.0 Å². The van der Waals surface area contributed by atoms with E-state index in [-0.39, 0.29) is 0 Å². The number of hydrogen-bond donors (Lipinski definition) is 1. The first-order chi connectivity index (χ1) is 7.72. The van der Waals surface area contributed by atoms with Gasteiger partial charge >= 0.3 is 0 Å². The Hall–Kier alpha value is -0.830. The molecule has 1 aromatic heterocycles. The van der Waals surface area contributed by atoms with Gasteiger partial charge in [0.05, 0.1) is 6.33 Å². The zero-order valence-corrected chi connectivity index (χ0v) is 10.8. The smallest absolute Gasteiger partial charge is 0.0945 e. The molecule has 1 heterocycles. The van der Waals surface area contributed by atoms with Gasteiger partial charge in [-0.05, 0) is 32.2 Å². The Morgan fingerprint density at radius 2 is 2.19 bits per heavy atom. The molecule has 0 amide bonds. The van der Waals surface area contributed by atoms with E-state index < -0.39 is 0 Å². The molecule has 0 saturated carbocycles. The molecule has 0 saturated heterocycles. The Kier molecular flexibility index (Phi) is 6.16. The second kappa shape index (κ2) is 7.44. The maximum absolute atomic E-state index is 4.03. The zero-order valence-electron chi connectivity index (χ0n) is 10.8. The van der Waals surface area contributed by atoms with Crippen molar-refractivity contribution < 1.29 is 0 Å². The van der Waals surface area contributed by atoms with Crippen molar-refractivity contribution in [2.24, 2.45) is 5.92 Å². The van der Waals surface area contributed by atoms with Crippen LogP contribution in [-0.2, 0) is 6.54 Å². The van der Waals surface area contributed by atoms with Crippen LogP contribution in [0.15, 0.2) is 18.7 Å². The van der Waals surface area contributed by atoms with E-state index in [4.69, 9.17) is 0 Å². The van der Waals surface area contributed by atoms with Gasteiger partial charge in [0, 0.05) is 25.0 Å². The standard InChI is InChI=1S/C13H25N3/c1-4-12(2)10-13(3)15-6-5-8-16-9-7-14-11-16/h7,9,11-13,15H,4-6,8,10H2,1-3H3. The molecule has 92 valence electrons. The second-order valence-corrected chi connectivity index (χ2v) is 4.76. The number of aromatic nitrogens is 2. The summed E-state index contributed by atoms with van der Waals surface area (Å²) >= 11 is 0. The summed E-state index contributed by atoms with van der Waals surface area (Å²) in [5.74, 6) is 0.830. The minimum Gasteiger partial charge on any atom is -0.337 e. The van der Waals surface area contributed by atoms with Gasteiger partial charge in [0.15, 0.2) is 0 Å².